The van der Waals surface area contributed by atoms with E-state index in [0.717, 1.165) is 5.69 Å². The fourth-order valence-electron chi connectivity index (χ4n) is 4.31. The lowest BCUT2D eigenvalue weighted by Gasteiger charge is -2.19. The van der Waals surface area contributed by atoms with Gasteiger partial charge in [0.25, 0.3) is 10.0 Å². The van der Waals surface area contributed by atoms with E-state index in [2.05, 4.69) is 35.5 Å². The number of rotatable bonds is 10. The van der Waals surface area contributed by atoms with Crippen LogP contribution in [0.15, 0.2) is 83.9 Å². The molecule has 43 heavy (non-hydrogen) atoms. The van der Waals surface area contributed by atoms with Gasteiger partial charge in [-0.05, 0) is 48.5 Å². The van der Waals surface area contributed by atoms with E-state index < -0.39 is 10.0 Å². The van der Waals surface area contributed by atoms with Gasteiger partial charge in [-0.1, -0.05) is 0 Å². The Balaban J connectivity index is 1.14. The van der Waals surface area contributed by atoms with Crippen LogP contribution in [0.5, 0.6) is 23.0 Å². The van der Waals surface area contributed by atoms with E-state index in [9.17, 15) is 8.42 Å². The van der Waals surface area contributed by atoms with Crippen LogP contribution in [0.3, 0.4) is 0 Å². The molecule has 3 heterocycles. The maximum absolute atomic E-state index is 12.9. The van der Waals surface area contributed by atoms with Crippen LogP contribution in [-0.4, -0.2) is 56.0 Å². The highest BCUT2D eigenvalue weighted by atomic mass is 32.2. The number of hydrogen-bond acceptors (Lipinski definition) is 11. The normalized spacial score (nSPS) is 12.3. The molecule has 2 aromatic heterocycles. The molecule has 1 aliphatic rings. The number of anilines is 5. The van der Waals surface area contributed by atoms with Crippen molar-refractivity contribution in [3.63, 3.8) is 0 Å². The second-order valence-corrected chi connectivity index (χ2v) is 10.9. The monoisotopic (exact) mass is 601 g/mol. The Morgan fingerprint density at radius 3 is 2.28 bits per heavy atom. The molecule has 0 aliphatic carbocycles. The zero-order chi connectivity index (χ0) is 29.8. The number of benzene rings is 3. The summed E-state index contributed by atoms with van der Waals surface area (Å²) < 4.78 is 50.1. The van der Waals surface area contributed by atoms with Crippen molar-refractivity contribution in [3.05, 3.63) is 79.0 Å². The summed E-state index contributed by atoms with van der Waals surface area (Å²) in [6, 6.07) is 20.3. The predicted octanol–water partition coefficient (Wildman–Crippen LogP) is 4.94. The van der Waals surface area contributed by atoms with Gasteiger partial charge in [0.05, 0.1) is 24.7 Å². The average molecular weight is 602 g/mol. The molecule has 3 aromatic carbocycles. The summed E-state index contributed by atoms with van der Waals surface area (Å²) in [7, 11) is -0.672. The molecule has 5 aromatic rings. The molecule has 0 fully saturated rings. The maximum atomic E-state index is 12.9. The highest BCUT2D eigenvalue weighted by Crippen LogP contribution is 2.34. The summed E-state index contributed by atoms with van der Waals surface area (Å²) in [6.07, 6.45) is 1.67. The number of aromatic amines is 1. The standard InChI is InChI=1S/C29H27N7O6S/c1-39-21-14-20(15-22(16-21)40-2)31-27-24(4-3-11-30-27)28-33-29(35-34-28)32-18-5-7-19(8-6-18)36-43(37,38)23-9-10-25-26(17-23)42-13-12-41-25/h3-11,14-17,36H,12-13H2,1-2H3,(H,30,31)(H2,32,33,34,35). The number of sulfonamides is 1. The first kappa shape index (κ1) is 27.7. The number of nitrogens with zero attached hydrogens (tertiary/aromatic N) is 3. The molecule has 4 N–H and O–H groups in total. The number of H-pyrrole nitrogens is 1. The van der Waals surface area contributed by atoms with Crippen molar-refractivity contribution in [3.8, 4) is 34.4 Å². The highest BCUT2D eigenvalue weighted by molar-refractivity contribution is 7.92. The zero-order valence-corrected chi connectivity index (χ0v) is 23.9. The molecule has 0 radical (unpaired) electrons. The predicted molar refractivity (Wildman–Crippen MR) is 160 cm³/mol. The van der Waals surface area contributed by atoms with Crippen LogP contribution in [0.4, 0.5) is 28.8 Å². The van der Waals surface area contributed by atoms with Gasteiger partial charge < -0.3 is 29.6 Å². The largest absolute Gasteiger partial charge is 0.497 e. The van der Waals surface area contributed by atoms with Crippen LogP contribution in [-0.2, 0) is 10.0 Å². The molecule has 1 aliphatic heterocycles. The molecule has 0 unspecified atom stereocenters. The van der Waals surface area contributed by atoms with Crippen LogP contribution < -0.4 is 34.3 Å². The quantitative estimate of drug-likeness (QED) is 0.171. The van der Waals surface area contributed by atoms with Crippen molar-refractivity contribution in [2.24, 2.45) is 0 Å². The van der Waals surface area contributed by atoms with Crippen LogP contribution in [0.1, 0.15) is 0 Å². The van der Waals surface area contributed by atoms with Crippen molar-refractivity contribution in [1.29, 1.82) is 0 Å². The van der Waals surface area contributed by atoms with Gasteiger partial charge in [-0.25, -0.2) is 13.4 Å². The first-order valence-electron chi connectivity index (χ1n) is 13.1. The minimum absolute atomic E-state index is 0.0713. The fraction of sp³-hybridized carbons (Fsp3) is 0.138. The zero-order valence-electron chi connectivity index (χ0n) is 23.1. The Labute approximate surface area is 247 Å². The molecule has 0 bridgehead atoms. The van der Waals surface area contributed by atoms with Gasteiger partial charge in [0.1, 0.15) is 30.5 Å². The van der Waals surface area contributed by atoms with Crippen molar-refractivity contribution in [1.82, 2.24) is 20.2 Å². The summed E-state index contributed by atoms with van der Waals surface area (Å²) in [5.74, 6) is 3.53. The summed E-state index contributed by atoms with van der Waals surface area (Å²) in [5, 5.41) is 13.6. The third-order valence-electron chi connectivity index (χ3n) is 6.38. The Hall–Kier alpha value is -5.50. The van der Waals surface area contributed by atoms with Gasteiger partial charge in [-0.3, -0.25) is 9.82 Å². The molecule has 220 valence electrons. The van der Waals surface area contributed by atoms with E-state index in [1.165, 1.54) is 12.1 Å². The summed E-state index contributed by atoms with van der Waals surface area (Å²) in [6.45, 7) is 0.791. The molecule has 13 nitrogen and oxygen atoms in total. The minimum atomic E-state index is -3.84. The number of hydrogen-bond donors (Lipinski definition) is 4. The van der Waals surface area contributed by atoms with E-state index in [0.29, 0.717) is 70.7 Å². The average Bonchev–Trinajstić information content (AvgIpc) is 3.50. The number of pyridine rings is 1. The SMILES string of the molecule is COc1cc(Nc2ncccc2-c2nc(Nc3ccc(NS(=O)(=O)c4ccc5c(c4)OCCO5)cc3)n[nH]2)cc(OC)c1. The van der Waals surface area contributed by atoms with Crippen molar-refractivity contribution >= 4 is 38.9 Å². The van der Waals surface area contributed by atoms with Crippen molar-refractivity contribution in [2.75, 3.05) is 42.8 Å². The number of methoxy groups -OCH3 is 2. The Morgan fingerprint density at radius 2 is 1.53 bits per heavy atom. The fourth-order valence-corrected chi connectivity index (χ4v) is 5.38. The van der Waals surface area contributed by atoms with E-state index >= 15 is 0 Å². The Morgan fingerprint density at radius 1 is 0.814 bits per heavy atom. The van der Waals surface area contributed by atoms with Gasteiger partial charge in [-0.2, -0.15) is 4.98 Å². The molecule has 14 heteroatoms. The van der Waals surface area contributed by atoms with E-state index in [1.54, 1.807) is 62.9 Å². The highest BCUT2D eigenvalue weighted by Gasteiger charge is 2.20. The Bertz CT molecular complexity index is 1840. The van der Waals surface area contributed by atoms with Crippen LogP contribution >= 0.6 is 0 Å². The van der Waals surface area contributed by atoms with Crippen molar-refractivity contribution in [2.45, 2.75) is 4.90 Å². The maximum Gasteiger partial charge on any atom is 0.262 e. The van der Waals surface area contributed by atoms with Crippen molar-refractivity contribution < 1.29 is 27.4 Å². The number of ether oxygens (including phenoxy) is 4. The molecule has 0 atom stereocenters. The molecule has 0 saturated carbocycles. The second kappa shape index (κ2) is 11.8. The molecular weight excluding hydrogens is 574 g/mol. The van der Waals surface area contributed by atoms with Gasteiger partial charge in [0.2, 0.25) is 5.95 Å². The van der Waals surface area contributed by atoms with E-state index in [-0.39, 0.29) is 4.90 Å². The van der Waals surface area contributed by atoms with Crippen LogP contribution in [0.25, 0.3) is 11.4 Å². The van der Waals surface area contributed by atoms with E-state index in [1.807, 2.05) is 18.2 Å². The van der Waals surface area contributed by atoms with Gasteiger partial charge in [0, 0.05) is 47.5 Å². The first-order valence-corrected chi connectivity index (χ1v) is 14.6. The lowest BCUT2D eigenvalue weighted by Crippen LogP contribution is -2.17. The molecule has 0 spiro atoms. The minimum Gasteiger partial charge on any atom is -0.497 e. The molecular formula is C29H27N7O6S. The molecule has 0 amide bonds. The third-order valence-corrected chi connectivity index (χ3v) is 7.76. The number of aromatic nitrogens is 4. The smallest absolute Gasteiger partial charge is 0.262 e. The van der Waals surface area contributed by atoms with Gasteiger partial charge in [0.15, 0.2) is 17.3 Å². The Kier molecular flexibility index (Phi) is 7.57. The van der Waals surface area contributed by atoms with Gasteiger partial charge >= 0.3 is 0 Å². The number of fused-ring (bicyclic) bond motifs is 1. The first-order chi connectivity index (χ1) is 20.9. The van der Waals surface area contributed by atoms with Gasteiger partial charge in [-0.15, -0.1) is 5.10 Å². The lowest BCUT2D eigenvalue weighted by atomic mass is 10.2. The molecule has 0 saturated heterocycles. The second-order valence-electron chi connectivity index (χ2n) is 9.25. The third kappa shape index (κ3) is 6.23. The topological polar surface area (TPSA) is 162 Å². The van der Waals surface area contributed by atoms with Crippen LogP contribution in [0.2, 0.25) is 0 Å². The summed E-state index contributed by atoms with van der Waals surface area (Å²) in [5.41, 5.74) is 2.45. The number of nitrogens with one attached hydrogen (secondary N) is 4. The van der Waals surface area contributed by atoms with E-state index in [4.69, 9.17) is 18.9 Å². The summed E-state index contributed by atoms with van der Waals surface area (Å²) in [4.78, 5) is 9.10. The lowest BCUT2D eigenvalue weighted by molar-refractivity contribution is 0.171. The van der Waals surface area contributed by atoms with Crippen LogP contribution in [0, 0.1) is 0 Å². The molecule has 6 rings (SSSR count). The summed E-state index contributed by atoms with van der Waals surface area (Å²) >= 11 is 0.